The molecular formula is C15H9Cl2F6NO2S. The van der Waals surface area contributed by atoms with Crippen molar-refractivity contribution in [2.75, 3.05) is 0 Å². The van der Waals surface area contributed by atoms with Crippen molar-refractivity contribution in [1.29, 1.82) is 0 Å². The van der Waals surface area contributed by atoms with Crippen molar-refractivity contribution in [1.82, 2.24) is 4.72 Å². The monoisotopic (exact) mass is 451 g/mol. The van der Waals surface area contributed by atoms with Crippen LogP contribution in [0.15, 0.2) is 41.3 Å². The van der Waals surface area contributed by atoms with E-state index in [1.165, 1.54) is 18.2 Å². The van der Waals surface area contributed by atoms with E-state index in [-0.39, 0.29) is 28.2 Å². The van der Waals surface area contributed by atoms with E-state index in [0.717, 1.165) is 0 Å². The zero-order valence-electron chi connectivity index (χ0n) is 12.9. The van der Waals surface area contributed by atoms with E-state index in [2.05, 4.69) is 0 Å². The highest BCUT2D eigenvalue weighted by Gasteiger charge is 2.38. The van der Waals surface area contributed by atoms with E-state index in [0.29, 0.717) is 5.56 Å². The van der Waals surface area contributed by atoms with Gasteiger partial charge in [0.05, 0.1) is 26.1 Å². The van der Waals surface area contributed by atoms with Crippen molar-refractivity contribution in [2.24, 2.45) is 0 Å². The van der Waals surface area contributed by atoms with Gasteiger partial charge in [0.15, 0.2) is 0 Å². The minimum Gasteiger partial charge on any atom is -0.207 e. The zero-order chi connectivity index (χ0) is 20.6. The van der Waals surface area contributed by atoms with Crippen molar-refractivity contribution in [3.63, 3.8) is 0 Å². The van der Waals surface area contributed by atoms with E-state index in [9.17, 15) is 34.8 Å². The molecule has 0 aliphatic carbocycles. The minimum absolute atomic E-state index is 0.104. The number of halogens is 8. The molecule has 0 atom stereocenters. The highest BCUT2D eigenvalue weighted by atomic mass is 35.5. The Bertz CT molecular complexity index is 926. The first-order valence-electron chi connectivity index (χ1n) is 6.93. The molecular weight excluding hydrogens is 443 g/mol. The lowest BCUT2D eigenvalue weighted by atomic mass is 10.1. The van der Waals surface area contributed by atoms with Gasteiger partial charge < -0.3 is 0 Å². The number of hydrogen-bond donors (Lipinski definition) is 1. The van der Waals surface area contributed by atoms with Crippen LogP contribution in [-0.2, 0) is 28.9 Å². The number of sulfonamides is 1. The molecule has 0 saturated heterocycles. The normalized spacial score (nSPS) is 13.0. The third-order valence-electron chi connectivity index (χ3n) is 3.32. The number of alkyl halides is 6. The molecule has 3 nitrogen and oxygen atoms in total. The Balaban J connectivity index is 2.40. The Morgan fingerprint density at radius 3 is 1.78 bits per heavy atom. The fraction of sp³-hybridized carbons (Fsp3) is 0.200. The number of hydrogen-bond acceptors (Lipinski definition) is 2. The Hall–Kier alpha value is -1.49. The first-order valence-corrected chi connectivity index (χ1v) is 9.17. The fourth-order valence-electron chi connectivity index (χ4n) is 1.99. The zero-order valence-corrected chi connectivity index (χ0v) is 15.2. The first-order chi connectivity index (χ1) is 12.2. The highest BCUT2D eigenvalue weighted by Crippen LogP contribution is 2.37. The van der Waals surface area contributed by atoms with Crippen LogP contribution in [0.4, 0.5) is 26.3 Å². The summed E-state index contributed by atoms with van der Waals surface area (Å²) in [6.45, 7) is -0.420. The highest BCUT2D eigenvalue weighted by molar-refractivity contribution is 7.89. The summed E-state index contributed by atoms with van der Waals surface area (Å²) in [4.78, 5) is -1.16. The Labute approximate surface area is 159 Å². The van der Waals surface area contributed by atoms with Gasteiger partial charge in [-0.1, -0.05) is 29.3 Å². The number of benzene rings is 2. The molecule has 0 radical (unpaired) electrons. The van der Waals surface area contributed by atoms with Gasteiger partial charge in [0.1, 0.15) is 0 Å². The lowest BCUT2D eigenvalue weighted by Crippen LogP contribution is -2.24. The second-order valence-electron chi connectivity index (χ2n) is 5.31. The first kappa shape index (κ1) is 21.8. The molecule has 27 heavy (non-hydrogen) atoms. The molecule has 0 unspecified atom stereocenters. The van der Waals surface area contributed by atoms with E-state index in [1.807, 2.05) is 4.72 Å². The standard InChI is InChI=1S/C15H9Cl2F6NO2S/c16-12-2-1-8(3-13(12)17)7-24-27(25,26)11-5-9(14(18,19)20)4-10(6-11)15(21,22)23/h1-6,24H,7H2. The Kier molecular flexibility index (Phi) is 6.05. The molecule has 0 bridgehead atoms. The van der Waals surface area contributed by atoms with Crippen LogP contribution in [0, 0.1) is 0 Å². The van der Waals surface area contributed by atoms with Crippen LogP contribution in [0.2, 0.25) is 10.0 Å². The predicted molar refractivity (Wildman–Crippen MR) is 86.9 cm³/mol. The SMILES string of the molecule is O=S(=O)(NCc1ccc(Cl)c(Cl)c1)c1cc(C(F)(F)F)cc(C(F)(F)F)c1. The summed E-state index contributed by atoms with van der Waals surface area (Å²) in [5.74, 6) is 0. The van der Waals surface area contributed by atoms with Gasteiger partial charge in [0, 0.05) is 6.54 Å². The number of nitrogens with one attached hydrogen (secondary N) is 1. The number of rotatable bonds is 4. The van der Waals surface area contributed by atoms with Gasteiger partial charge in [-0.2, -0.15) is 26.3 Å². The minimum atomic E-state index is -5.16. The molecule has 1 N–H and O–H groups in total. The Morgan fingerprint density at radius 2 is 1.33 bits per heavy atom. The maximum atomic E-state index is 12.8. The van der Waals surface area contributed by atoms with Gasteiger partial charge in [0.2, 0.25) is 10.0 Å². The predicted octanol–water partition coefficient (Wildman–Crippen LogP) is 5.51. The lowest BCUT2D eigenvalue weighted by molar-refractivity contribution is -0.143. The van der Waals surface area contributed by atoms with Gasteiger partial charge in [-0.15, -0.1) is 0 Å². The lowest BCUT2D eigenvalue weighted by Gasteiger charge is -2.15. The summed E-state index contributed by atoms with van der Waals surface area (Å²) >= 11 is 11.5. The summed E-state index contributed by atoms with van der Waals surface area (Å²) < 4.78 is 103. The van der Waals surface area contributed by atoms with Gasteiger partial charge >= 0.3 is 12.4 Å². The maximum Gasteiger partial charge on any atom is 0.416 e. The van der Waals surface area contributed by atoms with Crippen LogP contribution in [-0.4, -0.2) is 8.42 Å². The Morgan fingerprint density at radius 1 is 0.815 bits per heavy atom. The van der Waals surface area contributed by atoms with Crippen LogP contribution in [0.3, 0.4) is 0 Å². The van der Waals surface area contributed by atoms with E-state index in [1.54, 1.807) is 0 Å². The third-order valence-corrected chi connectivity index (χ3v) is 5.44. The van der Waals surface area contributed by atoms with Gasteiger partial charge in [-0.25, -0.2) is 13.1 Å². The molecule has 0 aliphatic rings. The smallest absolute Gasteiger partial charge is 0.207 e. The molecule has 148 valence electrons. The molecule has 0 spiro atoms. The molecule has 0 aromatic heterocycles. The second kappa shape index (κ2) is 7.50. The van der Waals surface area contributed by atoms with Gasteiger partial charge in [-0.05, 0) is 35.9 Å². The van der Waals surface area contributed by atoms with Crippen LogP contribution >= 0.6 is 23.2 Å². The largest absolute Gasteiger partial charge is 0.416 e. The van der Waals surface area contributed by atoms with Crippen molar-refractivity contribution < 1.29 is 34.8 Å². The fourth-order valence-corrected chi connectivity index (χ4v) is 3.40. The quantitative estimate of drug-likeness (QED) is 0.623. The second-order valence-corrected chi connectivity index (χ2v) is 7.90. The molecule has 0 fully saturated rings. The van der Waals surface area contributed by atoms with Gasteiger partial charge in [0.25, 0.3) is 0 Å². The summed E-state index contributed by atoms with van der Waals surface area (Å²) in [7, 11) is -4.67. The summed E-state index contributed by atoms with van der Waals surface area (Å²) in [6, 6.07) is 4.17. The third kappa shape index (κ3) is 5.50. The van der Waals surface area contributed by atoms with Crippen LogP contribution in [0.1, 0.15) is 16.7 Å². The van der Waals surface area contributed by atoms with E-state index >= 15 is 0 Å². The summed E-state index contributed by atoms with van der Waals surface area (Å²) in [6.07, 6.45) is -10.3. The van der Waals surface area contributed by atoms with E-state index < -0.39 is 44.9 Å². The van der Waals surface area contributed by atoms with Gasteiger partial charge in [-0.3, -0.25) is 0 Å². The van der Waals surface area contributed by atoms with Crippen molar-refractivity contribution in [3.8, 4) is 0 Å². The van der Waals surface area contributed by atoms with Crippen LogP contribution < -0.4 is 4.72 Å². The van der Waals surface area contributed by atoms with Crippen molar-refractivity contribution >= 4 is 33.2 Å². The summed E-state index contributed by atoms with van der Waals surface area (Å²) in [5.41, 5.74) is -3.16. The molecule has 2 aromatic rings. The van der Waals surface area contributed by atoms with E-state index in [4.69, 9.17) is 23.2 Å². The van der Waals surface area contributed by atoms with Crippen LogP contribution in [0.25, 0.3) is 0 Å². The average Bonchev–Trinajstić information content (AvgIpc) is 2.54. The molecule has 2 rings (SSSR count). The van der Waals surface area contributed by atoms with Crippen molar-refractivity contribution in [2.45, 2.75) is 23.8 Å². The molecule has 0 amide bonds. The average molecular weight is 452 g/mol. The maximum absolute atomic E-state index is 12.8. The van der Waals surface area contributed by atoms with Crippen molar-refractivity contribution in [3.05, 3.63) is 63.1 Å². The molecule has 12 heteroatoms. The molecule has 0 saturated carbocycles. The molecule has 0 heterocycles. The van der Waals surface area contributed by atoms with Crippen LogP contribution in [0.5, 0.6) is 0 Å². The topological polar surface area (TPSA) is 46.2 Å². The molecule has 0 aliphatic heterocycles. The molecule has 2 aromatic carbocycles. The summed E-state index contributed by atoms with van der Waals surface area (Å²) in [5, 5.41) is 0.294.